The van der Waals surface area contributed by atoms with Crippen molar-refractivity contribution >= 4 is 11.9 Å². The number of fused-ring (bicyclic) bond motifs is 1. The fourth-order valence-corrected chi connectivity index (χ4v) is 4.03. The van der Waals surface area contributed by atoms with Gasteiger partial charge in [0.25, 0.3) is 0 Å². The zero-order chi connectivity index (χ0) is 19.5. The number of hydrogen-bond donors (Lipinski definition) is 1. The van der Waals surface area contributed by atoms with Gasteiger partial charge in [0.1, 0.15) is 5.92 Å². The molecular weight excluding hydrogens is 350 g/mol. The molecule has 4 heteroatoms. The second-order valence-electron chi connectivity index (χ2n) is 7.05. The second kappa shape index (κ2) is 7.69. The predicted octanol–water partition coefficient (Wildman–Crippen LogP) is 4.18. The normalized spacial score (nSPS) is 19.0. The third-order valence-electron chi connectivity index (χ3n) is 5.31. The first kappa shape index (κ1) is 18.0. The zero-order valence-electron chi connectivity index (χ0n) is 15.4. The van der Waals surface area contributed by atoms with E-state index in [0.29, 0.717) is 12.1 Å². The summed E-state index contributed by atoms with van der Waals surface area (Å²) in [5.41, 5.74) is 3.31. The summed E-state index contributed by atoms with van der Waals surface area (Å²) in [4.78, 5) is 27.4. The van der Waals surface area contributed by atoms with Gasteiger partial charge in [0.2, 0.25) is 5.91 Å². The minimum Gasteiger partial charge on any atom is -0.481 e. The molecule has 1 amide bonds. The van der Waals surface area contributed by atoms with E-state index in [0.717, 1.165) is 16.7 Å². The van der Waals surface area contributed by atoms with Gasteiger partial charge >= 0.3 is 5.97 Å². The van der Waals surface area contributed by atoms with Gasteiger partial charge in [-0.3, -0.25) is 9.59 Å². The van der Waals surface area contributed by atoms with Crippen molar-refractivity contribution in [1.82, 2.24) is 4.90 Å². The highest BCUT2D eigenvalue weighted by atomic mass is 16.4. The Labute approximate surface area is 164 Å². The first-order valence-electron chi connectivity index (χ1n) is 9.34. The first-order valence-corrected chi connectivity index (χ1v) is 9.34. The van der Waals surface area contributed by atoms with Crippen molar-refractivity contribution in [3.05, 3.63) is 107 Å². The van der Waals surface area contributed by atoms with E-state index in [1.807, 2.05) is 84.9 Å². The van der Waals surface area contributed by atoms with Crippen LogP contribution in [0.2, 0.25) is 0 Å². The molecule has 0 unspecified atom stereocenters. The Morgan fingerprint density at radius 3 is 2.18 bits per heavy atom. The lowest BCUT2D eigenvalue weighted by atomic mass is 9.84. The average molecular weight is 371 g/mol. The molecule has 2 atom stereocenters. The van der Waals surface area contributed by atoms with Crippen LogP contribution in [0.25, 0.3) is 0 Å². The Kier molecular flexibility index (Phi) is 4.94. The molecule has 0 bridgehead atoms. The van der Waals surface area contributed by atoms with E-state index < -0.39 is 17.9 Å². The maximum absolute atomic E-state index is 13.3. The van der Waals surface area contributed by atoms with Crippen LogP contribution in [0.3, 0.4) is 0 Å². The Morgan fingerprint density at radius 2 is 1.50 bits per heavy atom. The lowest BCUT2D eigenvalue weighted by molar-refractivity contribution is -0.143. The summed E-state index contributed by atoms with van der Waals surface area (Å²) in [6.45, 7) is 0.372. The van der Waals surface area contributed by atoms with E-state index in [4.69, 9.17) is 0 Å². The van der Waals surface area contributed by atoms with E-state index >= 15 is 0 Å². The summed E-state index contributed by atoms with van der Waals surface area (Å²) in [5.74, 6) is -1.81. The molecule has 4 nitrogen and oxygen atoms in total. The Hall–Kier alpha value is -3.40. The molecule has 0 saturated heterocycles. The van der Waals surface area contributed by atoms with Gasteiger partial charge in [0, 0.05) is 6.54 Å². The van der Waals surface area contributed by atoms with Crippen molar-refractivity contribution < 1.29 is 14.7 Å². The summed E-state index contributed by atoms with van der Waals surface area (Å²) in [6, 6.07) is 26.0. The van der Waals surface area contributed by atoms with Crippen LogP contribution in [0.4, 0.5) is 0 Å². The van der Waals surface area contributed by atoms with Crippen LogP contribution in [0.15, 0.2) is 84.9 Å². The topological polar surface area (TPSA) is 57.6 Å². The third-order valence-corrected chi connectivity index (χ3v) is 5.31. The van der Waals surface area contributed by atoms with Crippen molar-refractivity contribution in [2.45, 2.75) is 24.9 Å². The largest absolute Gasteiger partial charge is 0.481 e. The fraction of sp³-hybridized carbons (Fsp3) is 0.167. The van der Waals surface area contributed by atoms with Crippen LogP contribution >= 0.6 is 0 Å². The van der Waals surface area contributed by atoms with Gasteiger partial charge in [-0.1, -0.05) is 84.9 Å². The number of carboxylic acids is 1. The van der Waals surface area contributed by atoms with E-state index in [2.05, 4.69) is 0 Å². The number of hydrogen-bond acceptors (Lipinski definition) is 2. The fourth-order valence-electron chi connectivity index (χ4n) is 4.03. The monoisotopic (exact) mass is 371 g/mol. The van der Waals surface area contributed by atoms with E-state index in [1.165, 1.54) is 0 Å². The van der Waals surface area contributed by atoms with Gasteiger partial charge in [0.15, 0.2) is 0 Å². The summed E-state index contributed by atoms with van der Waals surface area (Å²) in [5, 5.41) is 10.2. The molecule has 1 heterocycles. The molecule has 1 N–H and O–H groups in total. The molecule has 1 aliphatic heterocycles. The number of carboxylic acid groups (broad SMARTS) is 1. The number of carbonyl (C=O) groups is 2. The molecule has 0 aliphatic carbocycles. The SMILES string of the molecule is O=C(O)[C@@H]1c2ccccc2CC(=O)N(Cc2ccccc2)[C@H]1c1ccccc1. The van der Waals surface area contributed by atoms with Gasteiger partial charge in [-0.25, -0.2) is 0 Å². The highest BCUT2D eigenvalue weighted by molar-refractivity contribution is 5.86. The molecule has 1 aliphatic rings. The van der Waals surface area contributed by atoms with Gasteiger partial charge in [-0.15, -0.1) is 0 Å². The molecule has 0 saturated carbocycles. The maximum Gasteiger partial charge on any atom is 0.313 e. The second-order valence-corrected chi connectivity index (χ2v) is 7.05. The summed E-state index contributed by atoms with van der Waals surface area (Å²) in [7, 11) is 0. The van der Waals surface area contributed by atoms with Crippen LogP contribution in [-0.4, -0.2) is 21.9 Å². The van der Waals surface area contributed by atoms with Crippen molar-refractivity contribution in [3.63, 3.8) is 0 Å². The summed E-state index contributed by atoms with van der Waals surface area (Å²) in [6.07, 6.45) is 0.204. The average Bonchev–Trinajstić information content (AvgIpc) is 2.84. The highest BCUT2D eigenvalue weighted by Gasteiger charge is 2.41. The molecule has 0 radical (unpaired) electrons. The lowest BCUT2D eigenvalue weighted by Crippen LogP contribution is -2.38. The van der Waals surface area contributed by atoms with Gasteiger partial charge in [-0.05, 0) is 22.3 Å². The first-order chi connectivity index (χ1) is 13.6. The number of rotatable bonds is 4. The smallest absolute Gasteiger partial charge is 0.313 e. The minimum atomic E-state index is -0.922. The number of carbonyl (C=O) groups excluding carboxylic acids is 1. The van der Waals surface area contributed by atoms with Crippen LogP contribution in [0.5, 0.6) is 0 Å². The van der Waals surface area contributed by atoms with E-state index in [9.17, 15) is 14.7 Å². The number of benzene rings is 3. The minimum absolute atomic E-state index is 0.0612. The van der Waals surface area contributed by atoms with Crippen molar-refractivity contribution in [2.75, 3.05) is 0 Å². The predicted molar refractivity (Wildman–Crippen MR) is 107 cm³/mol. The third kappa shape index (κ3) is 3.41. The Bertz CT molecular complexity index is 985. The molecule has 4 rings (SSSR count). The van der Waals surface area contributed by atoms with Crippen molar-refractivity contribution in [1.29, 1.82) is 0 Å². The van der Waals surface area contributed by atoms with Crippen LogP contribution in [0, 0.1) is 0 Å². The summed E-state index contributed by atoms with van der Waals surface area (Å²) < 4.78 is 0. The Balaban J connectivity index is 1.88. The van der Waals surface area contributed by atoms with Gasteiger partial charge < -0.3 is 10.0 Å². The zero-order valence-corrected chi connectivity index (χ0v) is 15.4. The van der Waals surface area contributed by atoms with Gasteiger partial charge in [-0.2, -0.15) is 0 Å². The highest BCUT2D eigenvalue weighted by Crippen LogP contribution is 2.41. The molecule has 3 aromatic carbocycles. The molecular formula is C24H21NO3. The molecule has 0 spiro atoms. The van der Waals surface area contributed by atoms with Crippen LogP contribution in [0.1, 0.15) is 34.2 Å². The molecule has 28 heavy (non-hydrogen) atoms. The molecule has 140 valence electrons. The number of amides is 1. The molecule has 0 aromatic heterocycles. The number of nitrogens with zero attached hydrogens (tertiary/aromatic N) is 1. The van der Waals surface area contributed by atoms with E-state index in [1.54, 1.807) is 4.90 Å². The van der Waals surface area contributed by atoms with Crippen molar-refractivity contribution in [3.8, 4) is 0 Å². The quantitative estimate of drug-likeness (QED) is 0.748. The maximum atomic E-state index is 13.3. The van der Waals surface area contributed by atoms with E-state index in [-0.39, 0.29) is 12.3 Å². The van der Waals surface area contributed by atoms with Crippen LogP contribution < -0.4 is 0 Å². The standard InChI is InChI=1S/C24H21NO3/c26-21-15-19-13-7-8-14-20(19)22(24(27)28)23(18-11-5-2-6-12-18)25(21)16-17-9-3-1-4-10-17/h1-14,22-23H,15-16H2,(H,27,28)/t22-,23+/m1/s1. The van der Waals surface area contributed by atoms with Crippen molar-refractivity contribution in [2.24, 2.45) is 0 Å². The summed E-state index contributed by atoms with van der Waals surface area (Å²) >= 11 is 0. The molecule has 0 fully saturated rings. The van der Waals surface area contributed by atoms with Gasteiger partial charge in [0.05, 0.1) is 12.5 Å². The van der Waals surface area contributed by atoms with Crippen LogP contribution in [-0.2, 0) is 22.6 Å². The molecule has 3 aromatic rings. The lowest BCUT2D eigenvalue weighted by Gasteiger charge is -2.34. The number of aliphatic carboxylic acids is 1. The Morgan fingerprint density at radius 1 is 0.893 bits per heavy atom.